The maximum atomic E-state index is 10.3. The van der Waals surface area contributed by atoms with Crippen LogP contribution in [0.1, 0.15) is 48.7 Å². The number of hydrogen-bond acceptors (Lipinski definition) is 3. The lowest BCUT2D eigenvalue weighted by molar-refractivity contribution is 0.0813. The van der Waals surface area contributed by atoms with E-state index in [1.807, 2.05) is 13.8 Å². The van der Waals surface area contributed by atoms with E-state index < -0.39 is 5.60 Å². The minimum absolute atomic E-state index is 0.567. The summed E-state index contributed by atoms with van der Waals surface area (Å²) in [5.74, 6) is 0.567. The predicted octanol–water partition coefficient (Wildman–Crippen LogP) is 4.22. The molecule has 1 aliphatic rings. The first-order valence-corrected chi connectivity index (χ1v) is 7.57. The Bertz CT molecular complexity index is 588. The summed E-state index contributed by atoms with van der Waals surface area (Å²) in [6, 6.07) is 8.44. The van der Waals surface area contributed by atoms with Crippen molar-refractivity contribution in [1.29, 1.82) is 0 Å². The molecule has 0 spiro atoms. The highest BCUT2D eigenvalue weighted by Crippen LogP contribution is 2.47. The largest absolute Gasteiger partial charge is 0.385 e. The molecule has 1 heterocycles. The molecule has 3 rings (SSSR count). The van der Waals surface area contributed by atoms with Crippen molar-refractivity contribution in [2.45, 2.75) is 45.1 Å². The van der Waals surface area contributed by atoms with Gasteiger partial charge in [0.1, 0.15) is 5.01 Å². The number of benzene rings is 1. The number of rotatable bonds is 3. The highest BCUT2D eigenvalue weighted by atomic mass is 32.1. The number of thiazole rings is 1. The Kier molecular flexibility index (Phi) is 2.99. The normalized spacial score (nSPS) is 15.8. The third-order valence-corrected chi connectivity index (χ3v) is 4.90. The smallest absolute Gasteiger partial charge is 0.123 e. The fraction of sp³-hybridized carbons (Fsp3) is 0.438. The van der Waals surface area contributed by atoms with Gasteiger partial charge in [-0.15, -0.1) is 11.3 Å². The molecule has 1 aromatic heterocycles. The molecule has 1 fully saturated rings. The van der Waals surface area contributed by atoms with Gasteiger partial charge in [0.15, 0.2) is 0 Å². The molecule has 2 nitrogen and oxygen atoms in total. The molecule has 1 aliphatic carbocycles. The van der Waals surface area contributed by atoms with Gasteiger partial charge in [0, 0.05) is 11.5 Å². The van der Waals surface area contributed by atoms with Gasteiger partial charge >= 0.3 is 0 Å². The standard InChI is InChI=1S/C16H19NOS/c1-10-4-6-12(7-5-10)15-17-13(11-8-9-11)14(19-15)16(2,3)18/h4-7,11,18H,8-9H2,1-3H3. The second-order valence-electron chi connectivity index (χ2n) is 5.93. The lowest BCUT2D eigenvalue weighted by Crippen LogP contribution is -2.15. The first-order chi connectivity index (χ1) is 8.95. The van der Waals surface area contributed by atoms with Crippen LogP contribution >= 0.6 is 11.3 Å². The van der Waals surface area contributed by atoms with Crippen LogP contribution in [0.15, 0.2) is 24.3 Å². The van der Waals surface area contributed by atoms with E-state index in [1.54, 1.807) is 11.3 Å². The molecule has 0 radical (unpaired) electrons. The van der Waals surface area contributed by atoms with Gasteiger partial charge in [-0.3, -0.25) is 0 Å². The molecule has 0 amide bonds. The van der Waals surface area contributed by atoms with E-state index in [4.69, 9.17) is 4.98 Å². The summed E-state index contributed by atoms with van der Waals surface area (Å²) in [5, 5.41) is 11.3. The van der Waals surface area contributed by atoms with Crippen LogP contribution in [0.2, 0.25) is 0 Å². The molecular formula is C16H19NOS. The van der Waals surface area contributed by atoms with Gasteiger partial charge < -0.3 is 5.11 Å². The zero-order valence-electron chi connectivity index (χ0n) is 11.6. The molecule has 0 bridgehead atoms. The van der Waals surface area contributed by atoms with Gasteiger partial charge in [0.05, 0.1) is 16.2 Å². The molecule has 0 aliphatic heterocycles. The number of aryl methyl sites for hydroxylation is 1. The van der Waals surface area contributed by atoms with Crippen molar-refractivity contribution in [3.8, 4) is 10.6 Å². The Balaban J connectivity index is 2.05. The summed E-state index contributed by atoms with van der Waals surface area (Å²) in [5.41, 5.74) is 2.73. The fourth-order valence-corrected chi connectivity index (χ4v) is 3.38. The van der Waals surface area contributed by atoms with Crippen molar-refractivity contribution in [3.63, 3.8) is 0 Å². The molecule has 1 aromatic carbocycles. The summed E-state index contributed by atoms with van der Waals surface area (Å²) in [6.07, 6.45) is 2.42. The van der Waals surface area contributed by atoms with E-state index in [0.717, 1.165) is 21.1 Å². The summed E-state index contributed by atoms with van der Waals surface area (Å²) in [4.78, 5) is 5.83. The molecule has 3 heteroatoms. The Labute approximate surface area is 118 Å². The molecule has 0 atom stereocenters. The van der Waals surface area contributed by atoms with Crippen LogP contribution in [0.4, 0.5) is 0 Å². The van der Waals surface area contributed by atoms with Gasteiger partial charge in [-0.2, -0.15) is 0 Å². The molecule has 1 saturated carbocycles. The van der Waals surface area contributed by atoms with Gasteiger partial charge in [0.25, 0.3) is 0 Å². The van der Waals surface area contributed by atoms with Crippen LogP contribution in [0.5, 0.6) is 0 Å². The molecular weight excluding hydrogens is 254 g/mol. The zero-order chi connectivity index (χ0) is 13.6. The van der Waals surface area contributed by atoms with Crippen molar-refractivity contribution in [2.75, 3.05) is 0 Å². The van der Waals surface area contributed by atoms with E-state index in [1.165, 1.54) is 18.4 Å². The van der Waals surface area contributed by atoms with Crippen LogP contribution in [0.3, 0.4) is 0 Å². The van der Waals surface area contributed by atoms with Crippen LogP contribution in [0, 0.1) is 6.92 Å². The third kappa shape index (κ3) is 2.58. The maximum Gasteiger partial charge on any atom is 0.123 e. The second kappa shape index (κ2) is 4.43. The summed E-state index contributed by atoms with van der Waals surface area (Å²) < 4.78 is 0. The molecule has 0 unspecified atom stereocenters. The van der Waals surface area contributed by atoms with Crippen LogP contribution < -0.4 is 0 Å². The van der Waals surface area contributed by atoms with Crippen molar-refractivity contribution in [1.82, 2.24) is 4.98 Å². The maximum absolute atomic E-state index is 10.3. The Morgan fingerprint density at radius 3 is 2.37 bits per heavy atom. The van der Waals surface area contributed by atoms with E-state index in [2.05, 4.69) is 31.2 Å². The number of aromatic nitrogens is 1. The van der Waals surface area contributed by atoms with E-state index >= 15 is 0 Å². The number of hydrogen-bond donors (Lipinski definition) is 1. The average molecular weight is 273 g/mol. The molecule has 2 aromatic rings. The molecule has 0 saturated heterocycles. The monoisotopic (exact) mass is 273 g/mol. The lowest BCUT2D eigenvalue weighted by Gasteiger charge is -2.16. The second-order valence-corrected chi connectivity index (χ2v) is 6.93. The van der Waals surface area contributed by atoms with Crippen LogP contribution in [-0.4, -0.2) is 10.1 Å². The van der Waals surface area contributed by atoms with E-state index in [-0.39, 0.29) is 0 Å². The first kappa shape index (κ1) is 12.8. The highest BCUT2D eigenvalue weighted by Gasteiger charge is 2.34. The quantitative estimate of drug-likeness (QED) is 0.908. The Hall–Kier alpha value is -1.19. The van der Waals surface area contributed by atoms with Gasteiger partial charge in [-0.1, -0.05) is 29.8 Å². The number of aliphatic hydroxyl groups is 1. The van der Waals surface area contributed by atoms with Crippen molar-refractivity contribution >= 4 is 11.3 Å². The predicted molar refractivity (Wildman–Crippen MR) is 79.5 cm³/mol. The Morgan fingerprint density at radius 2 is 1.84 bits per heavy atom. The topological polar surface area (TPSA) is 33.1 Å². The van der Waals surface area contributed by atoms with Crippen molar-refractivity contribution in [3.05, 3.63) is 40.4 Å². The molecule has 100 valence electrons. The third-order valence-electron chi connectivity index (χ3n) is 3.47. The summed E-state index contributed by atoms with van der Waals surface area (Å²) >= 11 is 1.63. The molecule has 1 N–H and O–H groups in total. The minimum atomic E-state index is -0.793. The highest BCUT2D eigenvalue weighted by molar-refractivity contribution is 7.15. The minimum Gasteiger partial charge on any atom is -0.385 e. The summed E-state index contributed by atoms with van der Waals surface area (Å²) in [6.45, 7) is 5.79. The zero-order valence-corrected chi connectivity index (χ0v) is 12.4. The number of nitrogens with zero attached hydrogens (tertiary/aromatic N) is 1. The average Bonchev–Trinajstić information content (AvgIpc) is 3.08. The first-order valence-electron chi connectivity index (χ1n) is 6.76. The van der Waals surface area contributed by atoms with E-state index in [9.17, 15) is 5.11 Å². The fourth-order valence-electron chi connectivity index (χ4n) is 2.22. The van der Waals surface area contributed by atoms with Gasteiger partial charge in [0.2, 0.25) is 0 Å². The Morgan fingerprint density at radius 1 is 1.21 bits per heavy atom. The van der Waals surface area contributed by atoms with Gasteiger partial charge in [-0.05, 0) is 33.6 Å². The van der Waals surface area contributed by atoms with Crippen molar-refractivity contribution in [2.24, 2.45) is 0 Å². The van der Waals surface area contributed by atoms with Crippen molar-refractivity contribution < 1.29 is 5.11 Å². The van der Waals surface area contributed by atoms with Gasteiger partial charge in [-0.25, -0.2) is 4.98 Å². The SMILES string of the molecule is Cc1ccc(-c2nc(C3CC3)c(C(C)(C)O)s2)cc1. The van der Waals surface area contributed by atoms with Crippen LogP contribution in [0.25, 0.3) is 10.6 Å². The summed E-state index contributed by atoms with van der Waals surface area (Å²) in [7, 11) is 0. The molecule has 19 heavy (non-hydrogen) atoms. The lowest BCUT2D eigenvalue weighted by atomic mass is 10.0. The van der Waals surface area contributed by atoms with Crippen LogP contribution in [-0.2, 0) is 5.60 Å². The van der Waals surface area contributed by atoms with E-state index in [0.29, 0.717) is 5.92 Å².